The standard InChI is InChI=1S/C11H10F3N3O2/c1-10(8(18)16-9(15)17-10)6-2-4-7(5-3-6)19-11(12,13)14/h2-5H,1H3,(H3,15,16,17,18). The minimum Gasteiger partial charge on any atom is -0.406 e. The average molecular weight is 273 g/mol. The lowest BCUT2D eigenvalue weighted by molar-refractivity contribution is -0.274. The van der Waals surface area contributed by atoms with Crippen molar-refractivity contribution < 1.29 is 22.7 Å². The highest BCUT2D eigenvalue weighted by Gasteiger charge is 2.40. The molecule has 0 spiro atoms. The number of hydrogen-bond acceptors (Lipinski definition) is 4. The van der Waals surface area contributed by atoms with Crippen molar-refractivity contribution in [3.63, 3.8) is 0 Å². The number of nitrogens with two attached hydrogens (primary N) is 1. The normalized spacial score (nSPS) is 22.9. The number of amides is 1. The van der Waals surface area contributed by atoms with Gasteiger partial charge in [0.25, 0.3) is 5.91 Å². The molecule has 3 N–H and O–H groups in total. The van der Waals surface area contributed by atoms with Gasteiger partial charge in [0.2, 0.25) is 0 Å². The van der Waals surface area contributed by atoms with Gasteiger partial charge in [-0.25, -0.2) is 4.99 Å². The van der Waals surface area contributed by atoms with Crippen LogP contribution in [0.1, 0.15) is 12.5 Å². The van der Waals surface area contributed by atoms with E-state index in [2.05, 4.69) is 15.0 Å². The van der Waals surface area contributed by atoms with Crippen molar-refractivity contribution in [2.24, 2.45) is 10.7 Å². The first-order valence-corrected chi connectivity index (χ1v) is 5.24. The van der Waals surface area contributed by atoms with Crippen molar-refractivity contribution >= 4 is 11.9 Å². The number of alkyl halides is 3. The summed E-state index contributed by atoms with van der Waals surface area (Å²) in [6.45, 7) is 1.52. The molecule has 19 heavy (non-hydrogen) atoms. The molecule has 0 aliphatic carbocycles. The molecule has 0 saturated heterocycles. The Balaban J connectivity index is 2.26. The molecule has 1 amide bonds. The summed E-state index contributed by atoms with van der Waals surface area (Å²) in [5.41, 5.74) is 4.58. The fourth-order valence-electron chi connectivity index (χ4n) is 1.73. The van der Waals surface area contributed by atoms with Crippen LogP contribution in [0.3, 0.4) is 0 Å². The van der Waals surface area contributed by atoms with Crippen LogP contribution in [0, 0.1) is 0 Å². The maximum Gasteiger partial charge on any atom is 0.573 e. The van der Waals surface area contributed by atoms with Gasteiger partial charge in [0.15, 0.2) is 11.5 Å². The summed E-state index contributed by atoms with van der Waals surface area (Å²) in [7, 11) is 0. The van der Waals surface area contributed by atoms with Crippen molar-refractivity contribution in [3.05, 3.63) is 29.8 Å². The Hall–Kier alpha value is -2.25. The number of halogens is 3. The van der Waals surface area contributed by atoms with Gasteiger partial charge in [0, 0.05) is 0 Å². The second kappa shape index (κ2) is 4.15. The maximum atomic E-state index is 12.0. The van der Waals surface area contributed by atoms with Gasteiger partial charge in [-0.3, -0.25) is 10.1 Å². The monoisotopic (exact) mass is 273 g/mol. The maximum absolute atomic E-state index is 12.0. The van der Waals surface area contributed by atoms with E-state index in [9.17, 15) is 18.0 Å². The second-order valence-corrected chi connectivity index (χ2v) is 4.10. The highest BCUT2D eigenvalue weighted by Crippen LogP contribution is 2.31. The number of carbonyl (C=O) groups excluding carboxylic acids is 1. The third-order valence-electron chi connectivity index (χ3n) is 2.68. The van der Waals surface area contributed by atoms with E-state index in [1.165, 1.54) is 19.1 Å². The zero-order valence-electron chi connectivity index (χ0n) is 9.78. The molecule has 5 nitrogen and oxygen atoms in total. The van der Waals surface area contributed by atoms with E-state index in [0.29, 0.717) is 5.56 Å². The average Bonchev–Trinajstić information content (AvgIpc) is 2.52. The molecule has 0 fully saturated rings. The Morgan fingerprint density at radius 2 is 1.89 bits per heavy atom. The number of carbonyl (C=O) groups is 1. The summed E-state index contributed by atoms with van der Waals surface area (Å²) in [6, 6.07) is 4.91. The number of guanidine groups is 1. The van der Waals surface area contributed by atoms with E-state index >= 15 is 0 Å². The molecule has 0 bridgehead atoms. The Labute approximate surface area is 106 Å². The van der Waals surface area contributed by atoms with E-state index in [1.54, 1.807) is 0 Å². The Bertz CT molecular complexity index is 539. The van der Waals surface area contributed by atoms with Crippen LogP contribution < -0.4 is 15.8 Å². The van der Waals surface area contributed by atoms with Crippen LogP contribution >= 0.6 is 0 Å². The quantitative estimate of drug-likeness (QED) is 0.851. The molecule has 1 aromatic carbocycles. The van der Waals surface area contributed by atoms with Crippen LogP contribution in [0.4, 0.5) is 13.2 Å². The predicted octanol–water partition coefficient (Wildman–Crippen LogP) is 1.24. The van der Waals surface area contributed by atoms with Crippen LogP contribution in [0.5, 0.6) is 5.75 Å². The van der Waals surface area contributed by atoms with E-state index in [-0.39, 0.29) is 11.7 Å². The summed E-state index contributed by atoms with van der Waals surface area (Å²) in [5.74, 6) is -0.826. The van der Waals surface area contributed by atoms with Gasteiger partial charge in [-0.1, -0.05) is 12.1 Å². The topological polar surface area (TPSA) is 76.7 Å². The SMILES string of the molecule is CC1(c2ccc(OC(F)(F)F)cc2)N=C(N)NC1=O. The zero-order chi connectivity index (χ0) is 14.3. The van der Waals surface area contributed by atoms with Gasteiger partial charge in [-0.2, -0.15) is 0 Å². The highest BCUT2D eigenvalue weighted by molar-refractivity contribution is 6.06. The molecule has 1 atom stereocenters. The van der Waals surface area contributed by atoms with E-state index in [4.69, 9.17) is 5.73 Å². The van der Waals surface area contributed by atoms with Crippen LogP contribution in [0.25, 0.3) is 0 Å². The van der Waals surface area contributed by atoms with Crippen LogP contribution in [0.15, 0.2) is 29.3 Å². The molecule has 1 aromatic rings. The first kappa shape index (κ1) is 13.2. The Morgan fingerprint density at radius 3 is 2.32 bits per heavy atom. The van der Waals surface area contributed by atoms with Gasteiger partial charge < -0.3 is 10.5 Å². The minimum absolute atomic E-state index is 0.0249. The molecular formula is C11H10F3N3O2. The number of aliphatic imine (C=N–C) groups is 1. The molecule has 0 radical (unpaired) electrons. The predicted molar refractivity (Wildman–Crippen MR) is 60.2 cm³/mol. The van der Waals surface area contributed by atoms with E-state index in [0.717, 1.165) is 12.1 Å². The summed E-state index contributed by atoms with van der Waals surface area (Å²) in [6.07, 6.45) is -4.75. The van der Waals surface area contributed by atoms with Crippen molar-refractivity contribution in [2.75, 3.05) is 0 Å². The number of rotatable bonds is 2. The second-order valence-electron chi connectivity index (χ2n) is 4.10. The smallest absolute Gasteiger partial charge is 0.406 e. The van der Waals surface area contributed by atoms with Crippen molar-refractivity contribution in [3.8, 4) is 5.75 Å². The summed E-state index contributed by atoms with van der Waals surface area (Å²) < 4.78 is 39.8. The van der Waals surface area contributed by atoms with Crippen molar-refractivity contribution in [1.29, 1.82) is 0 Å². The van der Waals surface area contributed by atoms with Crippen LogP contribution in [0.2, 0.25) is 0 Å². The summed E-state index contributed by atoms with van der Waals surface area (Å²) in [5, 5.41) is 2.34. The largest absolute Gasteiger partial charge is 0.573 e. The summed E-state index contributed by atoms with van der Waals surface area (Å²) in [4.78, 5) is 15.7. The lowest BCUT2D eigenvalue weighted by Crippen LogP contribution is -2.37. The molecule has 1 aliphatic heterocycles. The van der Waals surface area contributed by atoms with Crippen LogP contribution in [-0.2, 0) is 10.3 Å². The molecule has 1 heterocycles. The first-order valence-electron chi connectivity index (χ1n) is 5.24. The number of hydrogen-bond donors (Lipinski definition) is 2. The third kappa shape index (κ3) is 2.61. The highest BCUT2D eigenvalue weighted by atomic mass is 19.4. The lowest BCUT2D eigenvalue weighted by atomic mass is 9.92. The van der Waals surface area contributed by atoms with Gasteiger partial charge in [0.05, 0.1) is 0 Å². The van der Waals surface area contributed by atoms with E-state index in [1.807, 2.05) is 0 Å². The minimum atomic E-state index is -4.75. The van der Waals surface area contributed by atoms with Crippen LogP contribution in [-0.4, -0.2) is 18.2 Å². The molecule has 102 valence electrons. The number of nitrogens with zero attached hydrogens (tertiary/aromatic N) is 1. The van der Waals surface area contributed by atoms with Gasteiger partial charge >= 0.3 is 6.36 Å². The molecule has 0 aromatic heterocycles. The summed E-state index contributed by atoms with van der Waals surface area (Å²) >= 11 is 0. The van der Waals surface area contributed by atoms with Gasteiger partial charge in [-0.15, -0.1) is 13.2 Å². The van der Waals surface area contributed by atoms with E-state index < -0.39 is 17.8 Å². The number of ether oxygens (including phenoxy) is 1. The molecular weight excluding hydrogens is 263 g/mol. The molecule has 2 rings (SSSR count). The lowest BCUT2D eigenvalue weighted by Gasteiger charge is -2.18. The molecule has 0 saturated carbocycles. The fourth-order valence-corrected chi connectivity index (χ4v) is 1.73. The molecule has 8 heteroatoms. The molecule has 1 aliphatic rings. The number of benzene rings is 1. The Kier molecular flexibility index (Phi) is 2.88. The molecule has 1 unspecified atom stereocenters. The third-order valence-corrected chi connectivity index (χ3v) is 2.68. The zero-order valence-corrected chi connectivity index (χ0v) is 9.78. The van der Waals surface area contributed by atoms with Gasteiger partial charge in [-0.05, 0) is 24.6 Å². The number of nitrogens with one attached hydrogen (secondary N) is 1. The van der Waals surface area contributed by atoms with Crippen molar-refractivity contribution in [1.82, 2.24) is 5.32 Å². The van der Waals surface area contributed by atoms with Gasteiger partial charge in [0.1, 0.15) is 5.75 Å². The first-order chi connectivity index (χ1) is 8.71. The Morgan fingerprint density at radius 1 is 1.32 bits per heavy atom. The fraction of sp³-hybridized carbons (Fsp3) is 0.273. The van der Waals surface area contributed by atoms with Crippen molar-refractivity contribution in [2.45, 2.75) is 18.8 Å².